The van der Waals surface area contributed by atoms with E-state index in [4.69, 9.17) is 44.8 Å². The van der Waals surface area contributed by atoms with Crippen LogP contribution in [0.4, 0.5) is 0 Å². The van der Waals surface area contributed by atoms with Crippen LogP contribution < -0.4 is 9.47 Å². The number of rotatable bonds is 15. The maximum atomic E-state index is 10.7. The minimum Gasteiger partial charge on any atom is -0.497 e. The first-order valence-corrected chi connectivity index (χ1v) is 15.5. The first-order valence-electron chi connectivity index (χ1n) is 15.1. The second-order valence-electron chi connectivity index (χ2n) is 11.2. The van der Waals surface area contributed by atoms with E-state index in [9.17, 15) is 5.11 Å². The summed E-state index contributed by atoms with van der Waals surface area (Å²) in [5.74, 6) is 0.998. The van der Waals surface area contributed by atoms with Gasteiger partial charge in [-0.3, -0.25) is 0 Å². The van der Waals surface area contributed by atoms with Gasteiger partial charge < -0.3 is 38.3 Å². The van der Waals surface area contributed by atoms with Gasteiger partial charge in [0, 0.05) is 19.2 Å². The van der Waals surface area contributed by atoms with Crippen LogP contribution in [0.3, 0.4) is 0 Å². The Labute approximate surface area is 275 Å². The average Bonchev–Trinajstić information content (AvgIpc) is 3.41. The average molecular weight is 649 g/mol. The van der Waals surface area contributed by atoms with Crippen molar-refractivity contribution in [3.8, 4) is 11.5 Å². The van der Waals surface area contributed by atoms with E-state index in [0.717, 1.165) is 33.8 Å². The fourth-order valence-electron chi connectivity index (χ4n) is 6.18. The summed E-state index contributed by atoms with van der Waals surface area (Å²) in [7, 11) is 6.42. The van der Waals surface area contributed by atoms with E-state index < -0.39 is 29.5 Å². The minimum atomic E-state index is -1.19. The molecule has 4 atom stereocenters. The van der Waals surface area contributed by atoms with E-state index in [1.807, 2.05) is 103 Å². The number of hydrogen-bond donors (Lipinski definition) is 1. The van der Waals surface area contributed by atoms with Gasteiger partial charge in [0.25, 0.3) is 0 Å². The normalized spacial score (nSPS) is 21.3. The zero-order valence-corrected chi connectivity index (χ0v) is 27.3. The second kappa shape index (κ2) is 15.4. The van der Waals surface area contributed by atoms with Crippen molar-refractivity contribution in [3.05, 3.63) is 130 Å². The molecule has 1 saturated heterocycles. The maximum Gasteiger partial charge on any atom is 0.165 e. The Hall–Kier alpha value is -3.47. The number of benzene rings is 4. The van der Waals surface area contributed by atoms with Crippen molar-refractivity contribution in [2.24, 2.45) is 5.92 Å². The summed E-state index contributed by atoms with van der Waals surface area (Å²) < 4.78 is 42.6. The molecule has 8 nitrogen and oxygen atoms in total. The van der Waals surface area contributed by atoms with E-state index in [2.05, 4.69) is 0 Å². The summed E-state index contributed by atoms with van der Waals surface area (Å²) in [4.78, 5) is 0. The van der Waals surface area contributed by atoms with Crippen LogP contribution in [-0.2, 0) is 35.9 Å². The molecule has 0 radical (unpaired) electrons. The lowest BCUT2D eigenvalue weighted by Crippen LogP contribution is -2.51. The number of aliphatic hydroxyl groups is 1. The van der Waals surface area contributed by atoms with E-state index in [1.165, 1.54) is 0 Å². The highest BCUT2D eigenvalue weighted by molar-refractivity contribution is 6.30. The quantitative estimate of drug-likeness (QED) is 0.152. The highest BCUT2D eigenvalue weighted by atomic mass is 35.5. The lowest BCUT2D eigenvalue weighted by molar-refractivity contribution is -0.204. The molecule has 1 fully saturated rings. The van der Waals surface area contributed by atoms with Crippen molar-refractivity contribution < 1.29 is 38.3 Å². The SMILES string of the molecule is COC[C@@]1(CO)O[C@H](OC)[C@@H](COC(c2ccccc2)(c2ccc(OC)cc2)c2ccc(OC)cc2)[C@@H]1OCc1ccc(Cl)cc1. The summed E-state index contributed by atoms with van der Waals surface area (Å²) in [5, 5.41) is 11.4. The minimum absolute atomic E-state index is 0.0892. The fraction of sp³-hybridized carbons (Fsp3) is 0.351. The Morgan fingerprint density at radius 1 is 0.761 bits per heavy atom. The highest BCUT2D eigenvalue weighted by Crippen LogP contribution is 2.45. The number of ether oxygens (including phenoxy) is 7. The van der Waals surface area contributed by atoms with Gasteiger partial charge >= 0.3 is 0 Å². The van der Waals surface area contributed by atoms with Crippen LogP contribution in [0, 0.1) is 5.92 Å². The maximum absolute atomic E-state index is 10.7. The van der Waals surface area contributed by atoms with Gasteiger partial charge in [-0.25, -0.2) is 0 Å². The highest BCUT2D eigenvalue weighted by Gasteiger charge is 2.57. The van der Waals surface area contributed by atoms with Gasteiger partial charge in [-0.05, 0) is 58.7 Å². The lowest BCUT2D eigenvalue weighted by Gasteiger charge is -2.38. The molecule has 4 aromatic rings. The van der Waals surface area contributed by atoms with Crippen LogP contribution in [0.1, 0.15) is 22.3 Å². The van der Waals surface area contributed by atoms with Gasteiger partial charge in [0.15, 0.2) is 6.29 Å². The molecule has 46 heavy (non-hydrogen) atoms. The summed E-state index contributed by atoms with van der Waals surface area (Å²) in [5.41, 5.74) is 1.37. The molecule has 1 heterocycles. The van der Waals surface area contributed by atoms with E-state index >= 15 is 0 Å². The molecule has 0 unspecified atom stereocenters. The Balaban J connectivity index is 1.59. The number of hydrogen-bond acceptors (Lipinski definition) is 8. The van der Waals surface area contributed by atoms with Crippen molar-refractivity contribution in [1.82, 2.24) is 0 Å². The summed E-state index contributed by atoms with van der Waals surface area (Å²) in [6, 6.07) is 33.2. The Morgan fingerprint density at radius 2 is 1.33 bits per heavy atom. The Kier molecular flexibility index (Phi) is 11.4. The summed E-state index contributed by atoms with van der Waals surface area (Å²) >= 11 is 6.12. The third-order valence-electron chi connectivity index (χ3n) is 8.50. The smallest absolute Gasteiger partial charge is 0.165 e. The van der Waals surface area contributed by atoms with Gasteiger partial charge in [0.2, 0.25) is 0 Å². The predicted octanol–water partition coefficient (Wildman–Crippen LogP) is 6.25. The third kappa shape index (κ3) is 6.94. The molecule has 0 saturated carbocycles. The summed E-state index contributed by atoms with van der Waals surface area (Å²) in [6.07, 6.45) is -1.41. The lowest BCUT2D eigenvalue weighted by atomic mass is 9.79. The zero-order valence-electron chi connectivity index (χ0n) is 26.6. The molecule has 0 amide bonds. The molecule has 5 rings (SSSR count). The standard InChI is InChI=1S/C37H41ClO8/c1-40-25-36(24-39)34(44-22-26-10-16-30(38)17-11-26)33(35(43-4)46-36)23-45-37(27-8-6-5-7-9-27,28-12-18-31(41-2)19-13-28)29-14-20-32(42-3)21-15-29/h5-21,33-35,39H,22-25H2,1-4H3/t33-,34-,35-,36+/m0/s1. The molecular weight excluding hydrogens is 608 g/mol. The van der Waals surface area contributed by atoms with Crippen LogP contribution in [-0.4, -0.2) is 71.4 Å². The van der Waals surface area contributed by atoms with Gasteiger partial charge in [0.1, 0.15) is 28.8 Å². The number of aliphatic hydroxyl groups excluding tert-OH is 1. The van der Waals surface area contributed by atoms with Crippen molar-refractivity contribution in [3.63, 3.8) is 0 Å². The first kappa shape index (κ1) is 33.9. The first-order chi connectivity index (χ1) is 22.4. The fourth-order valence-corrected chi connectivity index (χ4v) is 6.30. The molecule has 0 aromatic heterocycles. The van der Waals surface area contributed by atoms with Crippen molar-refractivity contribution in [1.29, 1.82) is 0 Å². The Morgan fingerprint density at radius 3 is 1.83 bits per heavy atom. The molecule has 1 aliphatic heterocycles. The van der Waals surface area contributed by atoms with Crippen molar-refractivity contribution in [2.75, 3.05) is 48.3 Å². The van der Waals surface area contributed by atoms with Crippen LogP contribution in [0.15, 0.2) is 103 Å². The van der Waals surface area contributed by atoms with Crippen LogP contribution in [0.2, 0.25) is 5.02 Å². The van der Waals surface area contributed by atoms with Gasteiger partial charge in [-0.2, -0.15) is 0 Å². The van der Waals surface area contributed by atoms with E-state index in [0.29, 0.717) is 5.02 Å². The number of methoxy groups -OCH3 is 4. The summed E-state index contributed by atoms with van der Waals surface area (Å²) in [6.45, 7) is 0.141. The van der Waals surface area contributed by atoms with Crippen molar-refractivity contribution >= 4 is 11.6 Å². The Bertz CT molecular complexity index is 1450. The topological polar surface area (TPSA) is 84.8 Å². The van der Waals surface area contributed by atoms with Gasteiger partial charge in [-0.1, -0.05) is 78.3 Å². The van der Waals surface area contributed by atoms with Gasteiger partial charge in [-0.15, -0.1) is 0 Å². The zero-order chi connectivity index (χ0) is 32.6. The van der Waals surface area contributed by atoms with Crippen LogP contribution in [0.5, 0.6) is 11.5 Å². The molecule has 4 aromatic carbocycles. The predicted molar refractivity (Wildman–Crippen MR) is 175 cm³/mol. The largest absolute Gasteiger partial charge is 0.497 e. The molecular formula is C37H41ClO8. The van der Waals surface area contributed by atoms with Crippen LogP contribution >= 0.6 is 11.6 Å². The molecule has 9 heteroatoms. The molecule has 0 spiro atoms. The van der Waals surface area contributed by atoms with Crippen LogP contribution in [0.25, 0.3) is 0 Å². The number of halogens is 1. The molecule has 0 aliphatic carbocycles. The van der Waals surface area contributed by atoms with Gasteiger partial charge in [0.05, 0.1) is 46.6 Å². The van der Waals surface area contributed by atoms with Crippen molar-refractivity contribution in [2.45, 2.75) is 30.2 Å². The monoisotopic (exact) mass is 648 g/mol. The molecule has 244 valence electrons. The second-order valence-corrected chi connectivity index (χ2v) is 11.7. The molecule has 1 N–H and O–H groups in total. The molecule has 1 aliphatic rings. The third-order valence-corrected chi connectivity index (χ3v) is 8.76. The van der Waals surface area contributed by atoms with E-state index in [-0.39, 0.29) is 26.4 Å². The van der Waals surface area contributed by atoms with E-state index in [1.54, 1.807) is 28.4 Å². The molecule has 0 bridgehead atoms.